The van der Waals surface area contributed by atoms with Crippen molar-refractivity contribution in [1.29, 1.82) is 0 Å². The van der Waals surface area contributed by atoms with E-state index >= 15 is 0 Å². The Morgan fingerprint density at radius 3 is 2.24 bits per heavy atom. The predicted molar refractivity (Wildman–Crippen MR) is 89.7 cm³/mol. The fraction of sp³-hybridized carbons (Fsp3) is 0.235. The number of hydrogen-bond donors (Lipinski definition) is 1. The maximum absolute atomic E-state index is 10.6. The highest BCUT2D eigenvalue weighted by Crippen LogP contribution is 2.07. The average Bonchev–Trinajstić information content (AvgIpc) is 3.00. The van der Waals surface area contributed by atoms with Crippen molar-refractivity contribution in [3.05, 3.63) is 52.7 Å². The van der Waals surface area contributed by atoms with Crippen LogP contribution in [0.2, 0.25) is 0 Å². The molecule has 0 aliphatic carbocycles. The van der Waals surface area contributed by atoms with Gasteiger partial charge in [-0.15, -0.1) is 23.7 Å². The third-order valence-electron chi connectivity index (χ3n) is 2.03. The van der Waals surface area contributed by atoms with Crippen molar-refractivity contribution < 1.29 is 9.53 Å². The summed E-state index contributed by atoms with van der Waals surface area (Å²) in [4.78, 5) is 12.0. The molecule has 1 aromatic heterocycles. The lowest BCUT2D eigenvalue weighted by Crippen LogP contribution is -2.21. The highest BCUT2D eigenvalue weighted by atomic mass is 32.1. The summed E-state index contributed by atoms with van der Waals surface area (Å²) in [5, 5.41) is 4.43. The van der Waals surface area contributed by atoms with Crippen molar-refractivity contribution in [3.8, 4) is 18.1 Å². The van der Waals surface area contributed by atoms with Gasteiger partial charge in [-0.05, 0) is 30.5 Å². The Morgan fingerprint density at radius 1 is 1.29 bits per heavy atom. The summed E-state index contributed by atoms with van der Waals surface area (Å²) >= 11 is 1.78. The number of terminal acetylenes is 1. The first-order valence-electron chi connectivity index (χ1n) is 6.52. The van der Waals surface area contributed by atoms with Gasteiger partial charge in [-0.2, -0.15) is 0 Å². The SMILES string of the molecule is C#CCC.CNC(=O)Oc1ccccc1.Cc1cccs1. The van der Waals surface area contributed by atoms with Gasteiger partial charge in [-0.3, -0.25) is 0 Å². The molecule has 0 aliphatic rings. The molecule has 1 heterocycles. The number of thiophene rings is 1. The maximum atomic E-state index is 10.6. The zero-order valence-electron chi connectivity index (χ0n) is 12.6. The largest absolute Gasteiger partial charge is 0.412 e. The summed E-state index contributed by atoms with van der Waals surface area (Å²) in [6, 6.07) is 13.1. The molecule has 21 heavy (non-hydrogen) atoms. The van der Waals surface area contributed by atoms with E-state index in [0.717, 1.165) is 6.42 Å². The van der Waals surface area contributed by atoms with Crippen LogP contribution in [0.1, 0.15) is 18.2 Å². The number of aryl methyl sites for hydroxylation is 1. The standard InChI is InChI=1S/C8H9NO2.C5H6S.C4H6/c1-9-8(10)11-7-5-3-2-4-6-7;1-5-3-2-4-6-5;1-3-4-2/h2-6H,1H3,(H,9,10);2-4H,1H3;1H,4H2,2H3. The molecule has 0 saturated heterocycles. The zero-order valence-corrected chi connectivity index (χ0v) is 13.4. The van der Waals surface area contributed by atoms with E-state index in [0.29, 0.717) is 5.75 Å². The van der Waals surface area contributed by atoms with E-state index in [1.807, 2.05) is 13.0 Å². The van der Waals surface area contributed by atoms with Gasteiger partial charge in [0, 0.05) is 18.3 Å². The lowest BCUT2D eigenvalue weighted by molar-refractivity contribution is 0.203. The van der Waals surface area contributed by atoms with Crippen LogP contribution in [-0.2, 0) is 0 Å². The molecule has 0 bridgehead atoms. The van der Waals surface area contributed by atoms with Crippen LogP contribution in [0, 0.1) is 19.3 Å². The third-order valence-corrected chi connectivity index (χ3v) is 2.83. The molecule has 0 radical (unpaired) electrons. The van der Waals surface area contributed by atoms with E-state index in [2.05, 4.69) is 35.7 Å². The van der Waals surface area contributed by atoms with Crippen molar-refractivity contribution in [3.63, 3.8) is 0 Å². The molecule has 0 atom stereocenters. The molecular formula is C17H21NO2S. The minimum atomic E-state index is -0.448. The van der Waals surface area contributed by atoms with Gasteiger partial charge in [-0.1, -0.05) is 31.2 Å². The van der Waals surface area contributed by atoms with Crippen LogP contribution in [0.3, 0.4) is 0 Å². The van der Waals surface area contributed by atoms with E-state index in [9.17, 15) is 4.79 Å². The second-order valence-electron chi connectivity index (χ2n) is 3.73. The molecule has 2 aromatic rings. The van der Waals surface area contributed by atoms with Gasteiger partial charge in [0.05, 0.1) is 0 Å². The molecule has 2 rings (SSSR count). The fourth-order valence-corrected chi connectivity index (χ4v) is 1.54. The van der Waals surface area contributed by atoms with Crippen molar-refractivity contribution >= 4 is 17.4 Å². The molecule has 112 valence electrons. The number of benzene rings is 1. The zero-order chi connectivity index (χ0) is 15.9. The maximum Gasteiger partial charge on any atom is 0.412 e. The molecule has 0 unspecified atom stereocenters. The van der Waals surface area contributed by atoms with Gasteiger partial charge in [-0.25, -0.2) is 4.79 Å². The molecule has 1 amide bonds. The minimum Gasteiger partial charge on any atom is -0.410 e. The number of carbonyl (C=O) groups is 1. The molecule has 0 aliphatic heterocycles. The Bertz CT molecular complexity index is 515. The summed E-state index contributed by atoms with van der Waals surface area (Å²) < 4.78 is 4.81. The number of hydrogen-bond acceptors (Lipinski definition) is 3. The normalized spacial score (nSPS) is 8.10. The quantitative estimate of drug-likeness (QED) is 0.788. The van der Waals surface area contributed by atoms with Crippen LogP contribution in [-0.4, -0.2) is 13.1 Å². The third kappa shape index (κ3) is 11.3. The monoisotopic (exact) mass is 303 g/mol. The van der Waals surface area contributed by atoms with Crippen LogP contribution in [0.15, 0.2) is 47.8 Å². The van der Waals surface area contributed by atoms with E-state index in [-0.39, 0.29) is 0 Å². The average molecular weight is 303 g/mol. The van der Waals surface area contributed by atoms with Gasteiger partial charge in [0.1, 0.15) is 5.75 Å². The van der Waals surface area contributed by atoms with E-state index in [1.165, 1.54) is 11.9 Å². The summed E-state index contributed by atoms with van der Waals surface area (Å²) in [5.41, 5.74) is 0. The Morgan fingerprint density at radius 2 is 1.90 bits per heavy atom. The van der Waals surface area contributed by atoms with Crippen LogP contribution in [0.25, 0.3) is 0 Å². The van der Waals surface area contributed by atoms with Gasteiger partial charge < -0.3 is 10.1 Å². The van der Waals surface area contributed by atoms with E-state index in [1.54, 1.807) is 35.6 Å². The summed E-state index contributed by atoms with van der Waals surface area (Å²) in [5.74, 6) is 2.98. The Hall–Kier alpha value is -2.25. The Labute approximate surface area is 131 Å². The molecule has 1 aromatic carbocycles. The summed E-state index contributed by atoms with van der Waals surface area (Å²) in [6.07, 6.45) is 5.18. The first-order chi connectivity index (χ1) is 10.1. The molecule has 4 heteroatoms. The lowest BCUT2D eigenvalue weighted by atomic mass is 10.3. The highest BCUT2D eigenvalue weighted by molar-refractivity contribution is 7.09. The number of para-hydroxylation sites is 1. The van der Waals surface area contributed by atoms with Crippen molar-refractivity contribution in [2.75, 3.05) is 7.05 Å². The molecule has 0 spiro atoms. The number of carbonyl (C=O) groups excluding carboxylic acids is 1. The second-order valence-corrected chi connectivity index (χ2v) is 4.89. The van der Waals surface area contributed by atoms with Gasteiger partial charge >= 0.3 is 6.09 Å². The van der Waals surface area contributed by atoms with Crippen LogP contribution < -0.4 is 10.1 Å². The van der Waals surface area contributed by atoms with Gasteiger partial charge in [0.25, 0.3) is 0 Å². The van der Waals surface area contributed by atoms with Crippen molar-refractivity contribution in [2.24, 2.45) is 0 Å². The summed E-state index contributed by atoms with van der Waals surface area (Å²) in [7, 11) is 1.52. The number of rotatable bonds is 1. The van der Waals surface area contributed by atoms with Gasteiger partial charge in [0.15, 0.2) is 0 Å². The van der Waals surface area contributed by atoms with Crippen LogP contribution in [0.4, 0.5) is 4.79 Å². The predicted octanol–water partition coefficient (Wildman–Crippen LogP) is 4.49. The first-order valence-corrected chi connectivity index (χ1v) is 7.40. The number of amides is 1. The number of ether oxygens (including phenoxy) is 1. The highest BCUT2D eigenvalue weighted by Gasteiger charge is 1.97. The van der Waals surface area contributed by atoms with E-state index < -0.39 is 6.09 Å². The molecule has 1 N–H and O–H groups in total. The van der Waals surface area contributed by atoms with Crippen molar-refractivity contribution in [2.45, 2.75) is 20.3 Å². The number of nitrogens with one attached hydrogen (secondary N) is 1. The summed E-state index contributed by atoms with van der Waals surface area (Å²) in [6.45, 7) is 4.05. The topological polar surface area (TPSA) is 38.3 Å². The second kappa shape index (κ2) is 12.8. The fourth-order valence-electron chi connectivity index (χ4n) is 1.01. The molecule has 0 fully saturated rings. The molecule has 3 nitrogen and oxygen atoms in total. The molecular weight excluding hydrogens is 282 g/mol. The van der Waals surface area contributed by atoms with Crippen LogP contribution >= 0.6 is 11.3 Å². The minimum absolute atomic E-state index is 0.448. The Balaban J connectivity index is 0.000000335. The van der Waals surface area contributed by atoms with E-state index in [4.69, 9.17) is 11.2 Å². The lowest BCUT2D eigenvalue weighted by Gasteiger charge is -2.00. The van der Waals surface area contributed by atoms with Crippen LogP contribution in [0.5, 0.6) is 5.75 Å². The van der Waals surface area contributed by atoms with Crippen molar-refractivity contribution in [1.82, 2.24) is 5.32 Å². The molecule has 0 saturated carbocycles. The first kappa shape index (κ1) is 18.8. The smallest absolute Gasteiger partial charge is 0.410 e. The Kier molecular flexibility index (Phi) is 11.4. The van der Waals surface area contributed by atoms with Gasteiger partial charge in [0.2, 0.25) is 0 Å².